The number of nitrogen functional groups attached to an aromatic ring is 1. The van der Waals surface area contributed by atoms with Gasteiger partial charge in [-0.3, -0.25) is 0 Å². The molecular weight excluding hydrogens is 280 g/mol. The van der Waals surface area contributed by atoms with Crippen LogP contribution in [-0.2, 0) is 4.74 Å². The Balaban J connectivity index is 2.53. The third-order valence-corrected chi connectivity index (χ3v) is 3.36. The Kier molecular flexibility index (Phi) is 5.49. The summed E-state index contributed by atoms with van der Waals surface area (Å²) < 4.78 is 16.1. The number of hydrogen-bond acceptors (Lipinski definition) is 5. The number of nitrogens with two attached hydrogens (primary N) is 1. The highest BCUT2D eigenvalue weighted by atomic mass is 16.5. The van der Waals surface area contributed by atoms with E-state index < -0.39 is 0 Å². The predicted molar refractivity (Wildman–Crippen MR) is 89.8 cm³/mol. The number of rotatable bonds is 7. The molecule has 0 fully saturated rings. The van der Waals surface area contributed by atoms with Crippen molar-refractivity contribution in [1.29, 1.82) is 0 Å². The molecule has 118 valence electrons. The monoisotopic (exact) mass is 302 g/mol. The summed E-state index contributed by atoms with van der Waals surface area (Å²) in [4.78, 5) is 0. The minimum atomic E-state index is 0.618. The molecule has 22 heavy (non-hydrogen) atoms. The molecule has 5 nitrogen and oxygen atoms in total. The molecule has 0 aliphatic heterocycles. The molecule has 0 saturated heterocycles. The highest BCUT2D eigenvalue weighted by molar-refractivity contribution is 5.87. The molecule has 5 heteroatoms. The minimum Gasteiger partial charge on any atom is -0.496 e. The van der Waals surface area contributed by atoms with E-state index in [1.54, 1.807) is 21.3 Å². The first kappa shape index (κ1) is 16.0. The smallest absolute Gasteiger partial charge is 0.130 e. The molecular formula is C17H22N2O3. The van der Waals surface area contributed by atoms with Crippen LogP contribution in [0.5, 0.6) is 11.5 Å². The fraction of sp³-hybridized carbons (Fsp3) is 0.294. The average molecular weight is 302 g/mol. The van der Waals surface area contributed by atoms with E-state index in [-0.39, 0.29) is 0 Å². The summed E-state index contributed by atoms with van der Waals surface area (Å²) in [5, 5.41) is 3.35. The number of anilines is 2. The van der Waals surface area contributed by atoms with Crippen molar-refractivity contribution in [2.75, 3.05) is 45.5 Å². The van der Waals surface area contributed by atoms with Gasteiger partial charge in [0.25, 0.3) is 0 Å². The fourth-order valence-electron chi connectivity index (χ4n) is 2.33. The van der Waals surface area contributed by atoms with Crippen LogP contribution in [0.3, 0.4) is 0 Å². The summed E-state index contributed by atoms with van der Waals surface area (Å²) in [5.41, 5.74) is 9.41. The third-order valence-electron chi connectivity index (χ3n) is 3.36. The minimum absolute atomic E-state index is 0.618. The van der Waals surface area contributed by atoms with Crippen LogP contribution in [0.25, 0.3) is 11.1 Å². The second kappa shape index (κ2) is 7.56. The molecule has 0 aliphatic carbocycles. The van der Waals surface area contributed by atoms with Gasteiger partial charge in [0.2, 0.25) is 0 Å². The zero-order chi connectivity index (χ0) is 15.9. The number of ether oxygens (including phenoxy) is 3. The summed E-state index contributed by atoms with van der Waals surface area (Å²) >= 11 is 0. The molecule has 3 N–H and O–H groups in total. The molecule has 2 rings (SSSR count). The lowest BCUT2D eigenvalue weighted by Gasteiger charge is -2.18. The van der Waals surface area contributed by atoms with E-state index >= 15 is 0 Å². The summed E-state index contributed by atoms with van der Waals surface area (Å²) in [7, 11) is 4.96. The van der Waals surface area contributed by atoms with Gasteiger partial charge in [0.1, 0.15) is 11.5 Å². The maximum atomic E-state index is 5.97. The molecule has 0 amide bonds. The Bertz CT molecular complexity index is 607. The summed E-state index contributed by atoms with van der Waals surface area (Å²) in [6, 6.07) is 11.4. The van der Waals surface area contributed by atoms with E-state index in [9.17, 15) is 0 Å². The van der Waals surface area contributed by atoms with Gasteiger partial charge in [-0.1, -0.05) is 6.07 Å². The van der Waals surface area contributed by atoms with Crippen molar-refractivity contribution in [3.05, 3.63) is 36.4 Å². The molecule has 0 aromatic heterocycles. The number of nitrogens with one attached hydrogen (secondary N) is 1. The van der Waals surface area contributed by atoms with Gasteiger partial charge in [-0.15, -0.1) is 0 Å². The quantitative estimate of drug-likeness (QED) is 0.608. The van der Waals surface area contributed by atoms with E-state index in [0.717, 1.165) is 28.3 Å². The van der Waals surface area contributed by atoms with Crippen molar-refractivity contribution in [1.82, 2.24) is 0 Å². The van der Waals surface area contributed by atoms with E-state index in [1.807, 2.05) is 36.4 Å². The summed E-state index contributed by atoms with van der Waals surface area (Å²) in [5.74, 6) is 1.47. The van der Waals surface area contributed by atoms with Crippen molar-refractivity contribution in [2.24, 2.45) is 0 Å². The molecule has 0 spiro atoms. The molecule has 0 saturated carbocycles. The zero-order valence-electron chi connectivity index (χ0n) is 13.2. The lowest BCUT2D eigenvalue weighted by molar-refractivity contribution is 0.211. The first-order valence-corrected chi connectivity index (χ1v) is 7.05. The van der Waals surface area contributed by atoms with Crippen LogP contribution in [0.4, 0.5) is 11.4 Å². The van der Waals surface area contributed by atoms with Crippen LogP contribution in [0.1, 0.15) is 0 Å². The van der Waals surface area contributed by atoms with Crippen molar-refractivity contribution in [3.8, 4) is 22.6 Å². The first-order valence-electron chi connectivity index (χ1n) is 7.05. The molecule has 0 radical (unpaired) electrons. The Morgan fingerprint density at radius 1 is 1.00 bits per heavy atom. The van der Waals surface area contributed by atoms with Gasteiger partial charge in [0.15, 0.2) is 0 Å². The van der Waals surface area contributed by atoms with E-state index in [0.29, 0.717) is 18.8 Å². The van der Waals surface area contributed by atoms with Crippen molar-refractivity contribution >= 4 is 11.4 Å². The van der Waals surface area contributed by atoms with Gasteiger partial charge in [-0.2, -0.15) is 0 Å². The Labute approximate surface area is 131 Å². The topological polar surface area (TPSA) is 65.7 Å². The van der Waals surface area contributed by atoms with Gasteiger partial charge in [-0.25, -0.2) is 0 Å². The number of hydrogen-bond donors (Lipinski definition) is 2. The van der Waals surface area contributed by atoms with Gasteiger partial charge in [0, 0.05) is 30.6 Å². The highest BCUT2D eigenvalue weighted by Crippen LogP contribution is 2.42. The van der Waals surface area contributed by atoms with E-state index in [1.165, 1.54) is 0 Å². The van der Waals surface area contributed by atoms with Crippen LogP contribution in [0.15, 0.2) is 36.4 Å². The summed E-state index contributed by atoms with van der Waals surface area (Å²) in [6.45, 7) is 1.32. The highest BCUT2D eigenvalue weighted by Gasteiger charge is 2.16. The second-order valence-electron chi connectivity index (χ2n) is 4.76. The average Bonchev–Trinajstić information content (AvgIpc) is 2.55. The molecule has 2 aromatic rings. The molecule has 0 heterocycles. The lowest BCUT2D eigenvalue weighted by Crippen LogP contribution is -2.09. The van der Waals surface area contributed by atoms with Crippen LogP contribution < -0.4 is 20.5 Å². The predicted octanol–water partition coefficient (Wildman–Crippen LogP) is 3.01. The van der Waals surface area contributed by atoms with Gasteiger partial charge >= 0.3 is 0 Å². The number of methoxy groups -OCH3 is 3. The maximum absolute atomic E-state index is 5.97. The molecule has 0 atom stereocenters. The Morgan fingerprint density at radius 2 is 1.68 bits per heavy atom. The SMILES string of the molecule is COCCNc1ccc(N)cc1-c1c(OC)cccc1OC. The van der Waals surface area contributed by atoms with Crippen molar-refractivity contribution in [2.45, 2.75) is 0 Å². The van der Waals surface area contributed by atoms with Gasteiger partial charge in [-0.05, 0) is 30.3 Å². The Morgan fingerprint density at radius 3 is 2.27 bits per heavy atom. The zero-order valence-corrected chi connectivity index (χ0v) is 13.2. The number of benzene rings is 2. The first-order chi connectivity index (χ1) is 10.7. The Hall–Kier alpha value is -2.40. The lowest BCUT2D eigenvalue weighted by atomic mass is 10.0. The van der Waals surface area contributed by atoms with E-state index in [4.69, 9.17) is 19.9 Å². The van der Waals surface area contributed by atoms with Crippen LogP contribution in [-0.4, -0.2) is 34.5 Å². The maximum Gasteiger partial charge on any atom is 0.130 e. The third kappa shape index (κ3) is 3.43. The van der Waals surface area contributed by atoms with Crippen molar-refractivity contribution < 1.29 is 14.2 Å². The van der Waals surface area contributed by atoms with Gasteiger partial charge < -0.3 is 25.3 Å². The molecule has 0 bridgehead atoms. The standard InChI is InChI=1S/C17H22N2O3/c1-20-10-9-19-14-8-7-12(18)11-13(14)17-15(21-2)5-4-6-16(17)22-3/h4-8,11,19H,9-10,18H2,1-3H3. The van der Waals surface area contributed by atoms with Crippen LogP contribution in [0.2, 0.25) is 0 Å². The normalized spacial score (nSPS) is 10.3. The van der Waals surface area contributed by atoms with Crippen LogP contribution in [0, 0.1) is 0 Å². The molecule has 2 aromatic carbocycles. The second-order valence-corrected chi connectivity index (χ2v) is 4.76. The van der Waals surface area contributed by atoms with E-state index in [2.05, 4.69) is 5.32 Å². The fourth-order valence-corrected chi connectivity index (χ4v) is 2.33. The summed E-state index contributed by atoms with van der Waals surface area (Å²) in [6.07, 6.45) is 0. The van der Waals surface area contributed by atoms with Gasteiger partial charge in [0.05, 0.1) is 26.4 Å². The van der Waals surface area contributed by atoms with Crippen LogP contribution >= 0.6 is 0 Å². The molecule has 0 unspecified atom stereocenters. The van der Waals surface area contributed by atoms with Crippen molar-refractivity contribution in [3.63, 3.8) is 0 Å². The largest absolute Gasteiger partial charge is 0.496 e. The molecule has 0 aliphatic rings.